The first-order valence-corrected chi connectivity index (χ1v) is 15.2. The van der Waals surface area contributed by atoms with Gasteiger partial charge in [-0.2, -0.15) is 13.2 Å². The highest BCUT2D eigenvalue weighted by atomic mass is 35.5. The predicted octanol–water partition coefficient (Wildman–Crippen LogP) is 5.68. The van der Waals surface area contributed by atoms with E-state index in [2.05, 4.69) is 32.5 Å². The van der Waals surface area contributed by atoms with Gasteiger partial charge >= 0.3 is 6.18 Å². The SMILES string of the molecule is COc1cc(C(=O)NC2CCC3(CC2)CN(C)C3)c(Cl)cc1Nc1ncc(C(F)(F)F)c(Cc2cccc3c2C(=O)N(C)C3)n1. The number of ether oxygens (including phenoxy) is 1. The second-order valence-corrected chi connectivity index (χ2v) is 12.8. The summed E-state index contributed by atoms with van der Waals surface area (Å²) < 4.78 is 47.5. The summed E-state index contributed by atoms with van der Waals surface area (Å²) in [5.41, 5.74) is 1.18. The summed E-state index contributed by atoms with van der Waals surface area (Å²) in [6.07, 6.45) is -0.292. The van der Waals surface area contributed by atoms with Gasteiger partial charge in [-0.05, 0) is 61.4 Å². The Labute approximate surface area is 264 Å². The Bertz CT molecular complexity index is 1650. The van der Waals surface area contributed by atoms with Gasteiger partial charge in [0.2, 0.25) is 5.95 Å². The maximum atomic E-state index is 14.0. The number of aromatic nitrogens is 2. The van der Waals surface area contributed by atoms with Crippen LogP contribution in [0.25, 0.3) is 0 Å². The third kappa shape index (κ3) is 6.17. The molecular weight excluding hydrogens is 609 g/mol. The number of nitrogens with one attached hydrogen (secondary N) is 2. The molecule has 2 aromatic carbocycles. The number of hydrogen-bond donors (Lipinski definition) is 2. The first kappa shape index (κ1) is 31.1. The minimum absolute atomic E-state index is 0.0504. The van der Waals surface area contributed by atoms with Crippen molar-refractivity contribution in [2.45, 2.75) is 50.9 Å². The number of benzene rings is 2. The van der Waals surface area contributed by atoms with Crippen LogP contribution in [-0.2, 0) is 19.1 Å². The van der Waals surface area contributed by atoms with Crippen molar-refractivity contribution in [1.82, 2.24) is 25.1 Å². The van der Waals surface area contributed by atoms with Crippen LogP contribution in [0.2, 0.25) is 5.02 Å². The molecule has 6 rings (SSSR count). The molecule has 0 radical (unpaired) electrons. The average molecular weight is 643 g/mol. The van der Waals surface area contributed by atoms with Crippen molar-refractivity contribution in [3.63, 3.8) is 0 Å². The molecule has 0 bridgehead atoms. The lowest BCUT2D eigenvalue weighted by molar-refractivity contribution is -0.138. The number of anilines is 2. The Kier molecular flexibility index (Phi) is 8.15. The Morgan fingerprint density at radius 2 is 1.91 bits per heavy atom. The van der Waals surface area contributed by atoms with Crippen molar-refractivity contribution < 1.29 is 27.5 Å². The van der Waals surface area contributed by atoms with E-state index in [4.69, 9.17) is 16.3 Å². The van der Waals surface area contributed by atoms with Crippen LogP contribution in [0.3, 0.4) is 0 Å². The van der Waals surface area contributed by atoms with E-state index in [-0.39, 0.29) is 57.9 Å². The highest BCUT2D eigenvalue weighted by molar-refractivity contribution is 6.34. The third-order valence-electron chi connectivity index (χ3n) is 9.11. The summed E-state index contributed by atoms with van der Waals surface area (Å²) in [5, 5.41) is 6.13. The van der Waals surface area contributed by atoms with Crippen LogP contribution in [-0.4, -0.2) is 71.9 Å². The number of rotatable bonds is 7. The summed E-state index contributed by atoms with van der Waals surface area (Å²) in [4.78, 5) is 37.9. The Morgan fingerprint density at radius 1 is 1.18 bits per heavy atom. The number of nitrogens with zero attached hydrogens (tertiary/aromatic N) is 4. The lowest BCUT2D eigenvalue weighted by Gasteiger charge is -2.52. The Morgan fingerprint density at radius 3 is 2.58 bits per heavy atom. The maximum Gasteiger partial charge on any atom is 0.419 e. The molecule has 2 N–H and O–H groups in total. The molecule has 238 valence electrons. The van der Waals surface area contributed by atoms with E-state index in [1.54, 1.807) is 25.2 Å². The smallest absolute Gasteiger partial charge is 0.419 e. The van der Waals surface area contributed by atoms with Crippen LogP contribution in [0.1, 0.15) is 68.8 Å². The van der Waals surface area contributed by atoms with Crippen LogP contribution in [0.4, 0.5) is 24.8 Å². The zero-order valence-electron chi connectivity index (χ0n) is 25.2. The molecule has 45 heavy (non-hydrogen) atoms. The van der Waals surface area contributed by atoms with E-state index in [0.29, 0.717) is 29.3 Å². The quantitative estimate of drug-likeness (QED) is 0.342. The van der Waals surface area contributed by atoms with Gasteiger partial charge in [0.05, 0.1) is 34.6 Å². The van der Waals surface area contributed by atoms with Crippen LogP contribution < -0.4 is 15.4 Å². The number of hydrogen-bond acceptors (Lipinski definition) is 7. The molecule has 3 aromatic rings. The van der Waals surface area contributed by atoms with E-state index >= 15 is 0 Å². The second-order valence-electron chi connectivity index (χ2n) is 12.4. The summed E-state index contributed by atoms with van der Waals surface area (Å²) in [6.45, 7) is 2.58. The number of fused-ring (bicyclic) bond motifs is 1. The van der Waals surface area contributed by atoms with Gasteiger partial charge in [-0.25, -0.2) is 9.97 Å². The maximum absolute atomic E-state index is 14.0. The van der Waals surface area contributed by atoms with Gasteiger partial charge in [0.15, 0.2) is 0 Å². The van der Waals surface area contributed by atoms with Gasteiger partial charge in [-0.15, -0.1) is 0 Å². The molecule has 3 heterocycles. The minimum atomic E-state index is -4.71. The topological polar surface area (TPSA) is 99.7 Å². The second kappa shape index (κ2) is 11.8. The zero-order chi connectivity index (χ0) is 32.1. The third-order valence-corrected chi connectivity index (χ3v) is 9.42. The van der Waals surface area contributed by atoms with Crippen molar-refractivity contribution in [1.29, 1.82) is 0 Å². The number of halogens is 4. The molecule has 0 unspecified atom stereocenters. The molecule has 1 saturated carbocycles. The normalized spacial score (nSPS) is 18.1. The molecule has 1 saturated heterocycles. The van der Waals surface area contributed by atoms with Crippen LogP contribution in [0.15, 0.2) is 36.5 Å². The lowest BCUT2D eigenvalue weighted by Crippen LogP contribution is -2.57. The number of carbonyl (C=O) groups excluding carboxylic acids is 2. The van der Waals surface area contributed by atoms with Gasteiger partial charge in [-0.3, -0.25) is 9.59 Å². The Hall–Kier alpha value is -3.90. The standard InChI is InChI=1S/C32H34ClF3N6O3/c1-41-16-31(17-41)9-7-20(8-10-31)38-28(43)21-12-26(45-3)25(13-23(21)33)40-30-37-14-22(32(34,35)36)24(39-30)11-18-5-4-6-19-15-42(2)29(44)27(18)19/h4-6,12-14,20H,7-11,15-17H2,1-3H3,(H,38,43)(H,37,39,40). The van der Waals surface area contributed by atoms with E-state index in [9.17, 15) is 22.8 Å². The van der Waals surface area contributed by atoms with Crippen LogP contribution >= 0.6 is 11.6 Å². The van der Waals surface area contributed by atoms with Gasteiger partial charge in [-0.1, -0.05) is 29.8 Å². The molecule has 2 fully saturated rings. The van der Waals surface area contributed by atoms with Crippen molar-refractivity contribution >= 4 is 35.1 Å². The molecule has 3 aliphatic rings. The Balaban J connectivity index is 1.22. The fourth-order valence-corrected chi connectivity index (χ4v) is 7.17. The van der Waals surface area contributed by atoms with Crippen molar-refractivity contribution in [3.8, 4) is 5.75 Å². The van der Waals surface area contributed by atoms with E-state index in [1.165, 1.54) is 24.1 Å². The summed E-state index contributed by atoms with van der Waals surface area (Å²) in [5.74, 6) is -0.452. The molecule has 1 aromatic heterocycles. The van der Waals surface area contributed by atoms with Crippen LogP contribution in [0.5, 0.6) is 5.75 Å². The highest BCUT2D eigenvalue weighted by Crippen LogP contribution is 2.43. The van der Waals surface area contributed by atoms with Crippen molar-refractivity contribution in [2.24, 2.45) is 5.41 Å². The molecular formula is C32H34ClF3N6O3. The summed E-state index contributed by atoms with van der Waals surface area (Å²) >= 11 is 6.55. The summed E-state index contributed by atoms with van der Waals surface area (Å²) in [6, 6.07) is 8.15. The summed E-state index contributed by atoms with van der Waals surface area (Å²) in [7, 11) is 5.18. The van der Waals surface area contributed by atoms with Crippen molar-refractivity contribution in [3.05, 3.63) is 75.1 Å². The van der Waals surface area contributed by atoms with Crippen LogP contribution in [0, 0.1) is 5.41 Å². The predicted molar refractivity (Wildman–Crippen MR) is 163 cm³/mol. The fraction of sp³-hybridized carbons (Fsp3) is 0.438. The molecule has 13 heteroatoms. The van der Waals surface area contributed by atoms with Gasteiger partial charge in [0.25, 0.3) is 11.8 Å². The minimum Gasteiger partial charge on any atom is -0.495 e. The first-order valence-electron chi connectivity index (χ1n) is 14.8. The molecule has 9 nitrogen and oxygen atoms in total. The molecule has 1 aliphatic carbocycles. The van der Waals surface area contributed by atoms with Crippen molar-refractivity contribution in [2.75, 3.05) is 39.6 Å². The number of methoxy groups -OCH3 is 1. The fourth-order valence-electron chi connectivity index (χ4n) is 6.92. The number of alkyl halides is 3. The van der Waals surface area contributed by atoms with Gasteiger partial charge < -0.3 is 25.2 Å². The molecule has 2 amide bonds. The molecule has 0 atom stereocenters. The molecule has 1 spiro atoms. The monoisotopic (exact) mass is 642 g/mol. The lowest BCUT2D eigenvalue weighted by atomic mass is 9.67. The number of likely N-dealkylation sites (tertiary alicyclic amines) is 1. The molecule has 2 aliphatic heterocycles. The van der Waals surface area contributed by atoms with E-state index < -0.39 is 11.7 Å². The van der Waals surface area contributed by atoms with Gasteiger partial charge in [0, 0.05) is 50.9 Å². The largest absolute Gasteiger partial charge is 0.495 e. The van der Waals surface area contributed by atoms with E-state index in [1.807, 2.05) is 0 Å². The van der Waals surface area contributed by atoms with E-state index in [0.717, 1.165) is 44.3 Å². The number of carbonyl (C=O) groups is 2. The zero-order valence-corrected chi connectivity index (χ0v) is 26.0. The number of amides is 2. The highest BCUT2D eigenvalue weighted by Gasteiger charge is 2.43. The van der Waals surface area contributed by atoms with Gasteiger partial charge in [0.1, 0.15) is 5.75 Å². The average Bonchev–Trinajstić information content (AvgIpc) is 3.26. The first-order chi connectivity index (χ1) is 21.4.